The Morgan fingerprint density at radius 2 is 1.75 bits per heavy atom. The van der Waals surface area contributed by atoms with Crippen molar-refractivity contribution in [1.82, 2.24) is 0 Å². The van der Waals surface area contributed by atoms with Gasteiger partial charge in [-0.2, -0.15) is 0 Å². The van der Waals surface area contributed by atoms with Gasteiger partial charge >= 0.3 is 0 Å². The molecule has 2 aromatic carbocycles. The fourth-order valence-corrected chi connectivity index (χ4v) is 3.87. The number of rotatable bonds is 10. The van der Waals surface area contributed by atoms with Crippen LogP contribution in [-0.4, -0.2) is 56.1 Å². The normalized spacial score (nSPS) is 19.8. The first kappa shape index (κ1) is 26.6. The minimum Gasteiger partial charge on any atom is -0.508 e. The third kappa shape index (κ3) is 5.79. The summed E-state index contributed by atoms with van der Waals surface area (Å²) in [5.74, 6) is 0.641. The Morgan fingerprint density at radius 1 is 1.03 bits per heavy atom. The minimum absolute atomic E-state index is 0.0621. The Balaban J connectivity index is 1.83. The molecule has 36 heavy (non-hydrogen) atoms. The van der Waals surface area contributed by atoms with Crippen molar-refractivity contribution < 1.29 is 34.0 Å². The zero-order chi connectivity index (χ0) is 26.3. The molecule has 0 aromatic heterocycles. The lowest BCUT2D eigenvalue weighted by molar-refractivity contribution is -0.0882. The lowest BCUT2D eigenvalue weighted by Gasteiger charge is -2.37. The second-order valence-electron chi connectivity index (χ2n) is 8.19. The van der Waals surface area contributed by atoms with Crippen molar-refractivity contribution in [2.24, 2.45) is 0 Å². The second kappa shape index (κ2) is 11.6. The Hall–Kier alpha value is -4.01. The number of anilines is 1. The zero-order valence-corrected chi connectivity index (χ0v) is 20.9. The van der Waals surface area contributed by atoms with Gasteiger partial charge in [0, 0.05) is 32.1 Å². The van der Waals surface area contributed by atoms with Gasteiger partial charge in [-0.1, -0.05) is 12.2 Å². The van der Waals surface area contributed by atoms with E-state index in [1.54, 1.807) is 33.5 Å². The van der Waals surface area contributed by atoms with Crippen LogP contribution >= 0.6 is 0 Å². The topological polar surface area (TPSA) is 106 Å². The quantitative estimate of drug-likeness (QED) is 0.320. The van der Waals surface area contributed by atoms with Crippen molar-refractivity contribution in [3.8, 4) is 17.2 Å². The fraction of sp³-hybridized carbons (Fsp3) is 0.250. The molecule has 8 heteroatoms. The molecule has 0 bridgehead atoms. The summed E-state index contributed by atoms with van der Waals surface area (Å²) in [5, 5.41) is 22.9. The first-order valence-corrected chi connectivity index (χ1v) is 11.2. The minimum atomic E-state index is -0.750. The van der Waals surface area contributed by atoms with Crippen molar-refractivity contribution >= 4 is 17.5 Å². The largest absolute Gasteiger partial charge is 0.508 e. The molecule has 0 spiro atoms. The van der Waals surface area contributed by atoms with Gasteiger partial charge < -0.3 is 34.5 Å². The highest BCUT2D eigenvalue weighted by atomic mass is 16.6. The lowest BCUT2D eigenvalue weighted by Crippen LogP contribution is -2.45. The molecular formula is C28H31NO7. The summed E-state index contributed by atoms with van der Waals surface area (Å²) in [7, 11) is 6.25. The number of phenols is 2. The van der Waals surface area contributed by atoms with Crippen LogP contribution < -0.4 is 10.1 Å². The fourth-order valence-electron chi connectivity index (χ4n) is 3.87. The van der Waals surface area contributed by atoms with E-state index in [4.69, 9.17) is 18.9 Å². The molecule has 1 aliphatic rings. The van der Waals surface area contributed by atoms with Crippen LogP contribution in [0.5, 0.6) is 17.2 Å². The summed E-state index contributed by atoms with van der Waals surface area (Å²) < 4.78 is 22.1. The molecule has 0 amide bonds. The Kier molecular flexibility index (Phi) is 8.58. The van der Waals surface area contributed by atoms with Crippen molar-refractivity contribution in [3.63, 3.8) is 0 Å². The van der Waals surface area contributed by atoms with Gasteiger partial charge in [0.2, 0.25) is 0 Å². The number of hydrogen-bond acceptors (Lipinski definition) is 8. The first-order valence-electron chi connectivity index (χ1n) is 11.2. The van der Waals surface area contributed by atoms with E-state index in [0.717, 1.165) is 5.57 Å². The van der Waals surface area contributed by atoms with Gasteiger partial charge in [0.05, 0.1) is 19.9 Å². The molecule has 0 aliphatic heterocycles. The van der Waals surface area contributed by atoms with Crippen LogP contribution in [0.1, 0.15) is 22.8 Å². The van der Waals surface area contributed by atoms with E-state index < -0.39 is 5.60 Å². The average molecular weight is 494 g/mol. The number of carbonyl (C=O) groups excluding carboxylic acids is 1. The summed E-state index contributed by atoms with van der Waals surface area (Å²) in [5.41, 5.74) is 1.69. The number of allylic oxidation sites excluding steroid dienone is 4. The number of carbonyl (C=O) groups is 1. The third-order valence-corrected chi connectivity index (χ3v) is 5.96. The second-order valence-corrected chi connectivity index (χ2v) is 8.19. The van der Waals surface area contributed by atoms with Gasteiger partial charge in [0.25, 0.3) is 0 Å². The van der Waals surface area contributed by atoms with Crippen molar-refractivity contribution in [2.75, 3.05) is 33.8 Å². The van der Waals surface area contributed by atoms with Crippen molar-refractivity contribution in [2.45, 2.75) is 18.6 Å². The van der Waals surface area contributed by atoms with E-state index in [1.807, 2.05) is 31.2 Å². The van der Waals surface area contributed by atoms with Crippen LogP contribution in [0.4, 0.5) is 5.69 Å². The standard InChI is InChI=1S/C28H31NO7/c1-28(36-5)25(33-2)16-19(17-26(28)34-3)7-6-18-14-22(27(35-4)24(32)15-18)29-13-12-23(31)20-8-10-21(30)11-9-20/h6-17,25,29-30,32H,1-5H3/b7-6-,13-12-. The predicted octanol–water partition coefficient (Wildman–Crippen LogP) is 4.82. The lowest BCUT2D eigenvalue weighted by atomic mass is 9.88. The van der Waals surface area contributed by atoms with E-state index in [0.29, 0.717) is 22.6 Å². The maximum Gasteiger partial charge on any atom is 0.187 e. The Morgan fingerprint density at radius 3 is 2.36 bits per heavy atom. The summed E-state index contributed by atoms with van der Waals surface area (Å²) in [6.45, 7) is 1.90. The van der Waals surface area contributed by atoms with Gasteiger partial charge in [-0.05, 0) is 66.6 Å². The third-order valence-electron chi connectivity index (χ3n) is 5.96. The smallest absolute Gasteiger partial charge is 0.187 e. The van der Waals surface area contributed by atoms with E-state index in [-0.39, 0.29) is 29.1 Å². The van der Waals surface area contributed by atoms with Gasteiger partial charge in [-0.3, -0.25) is 4.79 Å². The van der Waals surface area contributed by atoms with Gasteiger partial charge in [-0.15, -0.1) is 0 Å². The molecule has 0 saturated carbocycles. The SMILES string of the molecule is COC1=CC(/C=C\c2cc(O)c(OC)c(N/C=C\C(=O)c3ccc(O)cc3)c2)=CC(OC)C1(C)OC. The molecule has 0 radical (unpaired) electrons. The molecule has 0 fully saturated rings. The van der Waals surface area contributed by atoms with E-state index in [1.165, 1.54) is 43.7 Å². The van der Waals surface area contributed by atoms with Gasteiger partial charge in [0.1, 0.15) is 17.6 Å². The van der Waals surface area contributed by atoms with E-state index >= 15 is 0 Å². The molecule has 2 aromatic rings. The Bertz CT molecular complexity index is 1210. The van der Waals surface area contributed by atoms with Crippen LogP contribution in [0.15, 0.2) is 78.2 Å². The van der Waals surface area contributed by atoms with Crippen molar-refractivity contribution in [3.05, 3.63) is 89.4 Å². The van der Waals surface area contributed by atoms with E-state index in [9.17, 15) is 15.0 Å². The molecule has 2 atom stereocenters. The molecule has 8 nitrogen and oxygen atoms in total. The molecule has 3 rings (SSSR count). The number of hydrogen-bond donors (Lipinski definition) is 3. The summed E-state index contributed by atoms with van der Waals surface area (Å²) in [6, 6.07) is 9.31. The molecular weight excluding hydrogens is 462 g/mol. The molecule has 1 aliphatic carbocycles. The first-order chi connectivity index (χ1) is 17.2. The van der Waals surface area contributed by atoms with Crippen LogP contribution in [0, 0.1) is 0 Å². The summed E-state index contributed by atoms with van der Waals surface area (Å²) >= 11 is 0. The maximum absolute atomic E-state index is 12.3. The summed E-state index contributed by atoms with van der Waals surface area (Å²) in [6.07, 6.45) is 9.96. The number of nitrogens with one attached hydrogen (secondary N) is 1. The number of ketones is 1. The highest BCUT2D eigenvalue weighted by Gasteiger charge is 2.41. The number of methoxy groups -OCH3 is 4. The van der Waals surface area contributed by atoms with E-state index in [2.05, 4.69) is 5.32 Å². The molecule has 3 N–H and O–H groups in total. The monoisotopic (exact) mass is 493 g/mol. The predicted molar refractivity (Wildman–Crippen MR) is 138 cm³/mol. The molecule has 190 valence electrons. The molecule has 2 unspecified atom stereocenters. The number of phenolic OH excluding ortho intramolecular Hbond substituents is 2. The average Bonchev–Trinajstić information content (AvgIpc) is 2.88. The number of benzene rings is 2. The van der Waals surface area contributed by atoms with Crippen LogP contribution in [0.25, 0.3) is 6.08 Å². The number of ether oxygens (including phenoxy) is 4. The number of aromatic hydroxyl groups is 2. The van der Waals surface area contributed by atoms with Crippen LogP contribution in [-0.2, 0) is 14.2 Å². The van der Waals surface area contributed by atoms with Gasteiger partial charge in [-0.25, -0.2) is 0 Å². The van der Waals surface area contributed by atoms with Gasteiger partial charge in [0.15, 0.2) is 22.9 Å². The highest BCUT2D eigenvalue weighted by molar-refractivity contribution is 6.04. The summed E-state index contributed by atoms with van der Waals surface area (Å²) in [4.78, 5) is 12.3. The molecule has 0 heterocycles. The molecule has 0 saturated heterocycles. The zero-order valence-electron chi connectivity index (χ0n) is 20.9. The van der Waals surface area contributed by atoms with Crippen LogP contribution in [0.2, 0.25) is 0 Å². The Labute approximate surface area is 210 Å². The van der Waals surface area contributed by atoms with Crippen molar-refractivity contribution in [1.29, 1.82) is 0 Å². The maximum atomic E-state index is 12.3. The van der Waals surface area contributed by atoms with Crippen LogP contribution in [0.3, 0.4) is 0 Å². The highest BCUT2D eigenvalue weighted by Crippen LogP contribution is 2.37.